The van der Waals surface area contributed by atoms with E-state index in [0.29, 0.717) is 0 Å². The van der Waals surface area contributed by atoms with Crippen LogP contribution < -0.4 is 4.72 Å². The molecule has 0 saturated heterocycles. The van der Waals surface area contributed by atoms with E-state index in [1.54, 1.807) is 6.34 Å². The molecule has 0 amide bonds. The van der Waals surface area contributed by atoms with Gasteiger partial charge in [-0.05, 0) is 18.2 Å². The van der Waals surface area contributed by atoms with Crippen molar-refractivity contribution in [1.29, 1.82) is 0 Å². The van der Waals surface area contributed by atoms with Crippen molar-refractivity contribution in [2.24, 2.45) is 4.99 Å². The molecule has 0 bridgehead atoms. The zero-order chi connectivity index (χ0) is 7.68. The summed E-state index contributed by atoms with van der Waals surface area (Å²) in [5.74, 6) is 0. The average Bonchev–Trinajstić information content (AvgIpc) is 2.04. The maximum absolute atomic E-state index is 5.77. The minimum absolute atomic E-state index is 0.726. The second-order valence-corrected chi connectivity index (χ2v) is 3.32. The van der Waals surface area contributed by atoms with E-state index in [-0.39, 0.29) is 0 Å². The molecule has 0 N–H and O–H groups in total. The molecule has 1 radical (unpaired) electrons. The van der Waals surface area contributed by atoms with Gasteiger partial charge in [-0.1, -0.05) is 11.6 Å². The average molecular weight is 184 g/mol. The fourth-order valence-electron chi connectivity index (χ4n) is 0.834. The van der Waals surface area contributed by atoms with Gasteiger partial charge in [0.25, 0.3) is 0 Å². The van der Waals surface area contributed by atoms with Gasteiger partial charge in [0.1, 0.15) is 6.34 Å². The standard InChI is InChI=1S/C7H4ClN2S/c8-5-1-2-6-7(3-5)11-10-4-9-6/h1-4H. The molecule has 0 atom stereocenters. The predicted octanol–water partition coefficient (Wildman–Crippen LogP) is 2.62. The minimum Gasteiger partial charge on any atom is -0.235 e. The number of fused-ring (bicyclic) bond motifs is 1. The van der Waals surface area contributed by atoms with E-state index in [4.69, 9.17) is 11.6 Å². The summed E-state index contributed by atoms with van der Waals surface area (Å²) in [6, 6.07) is 5.57. The highest BCUT2D eigenvalue weighted by Crippen LogP contribution is 2.32. The zero-order valence-electron chi connectivity index (χ0n) is 5.49. The molecular weight excluding hydrogens is 180 g/mol. The molecule has 1 heterocycles. The molecule has 55 valence electrons. The number of halogens is 1. The second-order valence-electron chi connectivity index (χ2n) is 2.05. The van der Waals surface area contributed by atoms with E-state index in [1.165, 1.54) is 11.9 Å². The van der Waals surface area contributed by atoms with E-state index >= 15 is 0 Å². The van der Waals surface area contributed by atoms with Crippen molar-refractivity contribution >= 4 is 35.6 Å². The van der Waals surface area contributed by atoms with Crippen molar-refractivity contribution < 1.29 is 0 Å². The lowest BCUT2D eigenvalue weighted by atomic mass is 10.3. The Labute approximate surface area is 73.8 Å². The van der Waals surface area contributed by atoms with Crippen LogP contribution in [0.15, 0.2) is 28.1 Å². The first-order valence-corrected chi connectivity index (χ1v) is 4.21. The number of benzene rings is 1. The quantitative estimate of drug-likeness (QED) is 0.568. The van der Waals surface area contributed by atoms with E-state index in [1.807, 2.05) is 18.2 Å². The summed E-state index contributed by atoms with van der Waals surface area (Å²) in [5, 5.41) is 0.726. The van der Waals surface area contributed by atoms with Crippen LogP contribution in [0, 0.1) is 0 Å². The van der Waals surface area contributed by atoms with E-state index in [0.717, 1.165) is 15.6 Å². The van der Waals surface area contributed by atoms with Gasteiger partial charge in [0.05, 0.1) is 10.6 Å². The highest BCUT2D eigenvalue weighted by Gasteiger charge is 2.06. The van der Waals surface area contributed by atoms with Gasteiger partial charge < -0.3 is 0 Å². The lowest BCUT2D eigenvalue weighted by molar-refractivity contribution is 1.31. The molecule has 2 nitrogen and oxygen atoms in total. The van der Waals surface area contributed by atoms with Gasteiger partial charge in [-0.25, -0.2) is 4.99 Å². The highest BCUT2D eigenvalue weighted by atomic mass is 35.5. The molecule has 0 saturated carbocycles. The Morgan fingerprint density at radius 2 is 2.27 bits per heavy atom. The normalized spacial score (nSPS) is 13.9. The third-order valence-corrected chi connectivity index (χ3v) is 2.28. The lowest BCUT2D eigenvalue weighted by Gasteiger charge is -2.06. The summed E-state index contributed by atoms with van der Waals surface area (Å²) in [7, 11) is 0. The highest BCUT2D eigenvalue weighted by molar-refractivity contribution is 7.98. The molecule has 0 unspecified atom stereocenters. The first kappa shape index (κ1) is 7.00. The number of aliphatic imine (C=N–C) groups is 1. The summed E-state index contributed by atoms with van der Waals surface area (Å²) in [5.41, 5.74) is 0.939. The minimum atomic E-state index is 0.726. The smallest absolute Gasteiger partial charge is 0.124 e. The summed E-state index contributed by atoms with van der Waals surface area (Å²) >= 11 is 7.16. The Balaban J connectivity index is 2.53. The Morgan fingerprint density at radius 3 is 3.18 bits per heavy atom. The van der Waals surface area contributed by atoms with Gasteiger partial charge in [0, 0.05) is 17.0 Å². The van der Waals surface area contributed by atoms with Crippen molar-refractivity contribution in [2.75, 3.05) is 0 Å². The van der Waals surface area contributed by atoms with Gasteiger partial charge in [-0.2, -0.15) is 4.72 Å². The van der Waals surface area contributed by atoms with Crippen LogP contribution in [0.1, 0.15) is 0 Å². The van der Waals surface area contributed by atoms with Crippen LogP contribution in [0.2, 0.25) is 5.02 Å². The van der Waals surface area contributed by atoms with Crippen LogP contribution in [0.25, 0.3) is 0 Å². The first-order chi connectivity index (χ1) is 5.36. The third-order valence-electron chi connectivity index (χ3n) is 1.32. The summed E-state index contributed by atoms with van der Waals surface area (Å²) in [6.07, 6.45) is 1.54. The Kier molecular flexibility index (Phi) is 1.75. The molecule has 1 aliphatic heterocycles. The van der Waals surface area contributed by atoms with Crippen LogP contribution in [0.3, 0.4) is 0 Å². The van der Waals surface area contributed by atoms with Gasteiger partial charge >= 0.3 is 0 Å². The largest absolute Gasteiger partial charge is 0.235 e. The molecule has 1 aromatic rings. The molecule has 0 spiro atoms. The molecule has 1 aliphatic rings. The molecule has 0 aliphatic carbocycles. The van der Waals surface area contributed by atoms with Crippen LogP contribution in [0.5, 0.6) is 0 Å². The molecule has 1 aromatic carbocycles. The van der Waals surface area contributed by atoms with Crippen molar-refractivity contribution in [1.82, 2.24) is 4.72 Å². The number of hydrogen-bond acceptors (Lipinski definition) is 2. The fourth-order valence-corrected chi connectivity index (χ4v) is 1.67. The Morgan fingerprint density at radius 1 is 1.36 bits per heavy atom. The Bertz CT molecular complexity index is 311. The summed E-state index contributed by atoms with van der Waals surface area (Å²) in [6.45, 7) is 0. The van der Waals surface area contributed by atoms with Crippen LogP contribution >= 0.6 is 23.5 Å². The topological polar surface area (TPSA) is 26.5 Å². The predicted molar refractivity (Wildman–Crippen MR) is 47.6 cm³/mol. The lowest BCUT2D eigenvalue weighted by Crippen LogP contribution is -1.94. The van der Waals surface area contributed by atoms with Crippen molar-refractivity contribution in [3.63, 3.8) is 0 Å². The first-order valence-electron chi connectivity index (χ1n) is 3.05. The molecule has 0 aromatic heterocycles. The van der Waals surface area contributed by atoms with E-state index in [9.17, 15) is 0 Å². The zero-order valence-corrected chi connectivity index (χ0v) is 7.06. The van der Waals surface area contributed by atoms with Crippen LogP contribution in [0.4, 0.5) is 5.69 Å². The molecule has 11 heavy (non-hydrogen) atoms. The van der Waals surface area contributed by atoms with E-state index in [2.05, 4.69) is 9.71 Å². The van der Waals surface area contributed by atoms with Crippen molar-refractivity contribution in [2.45, 2.75) is 4.90 Å². The van der Waals surface area contributed by atoms with Crippen molar-refractivity contribution in [3.05, 3.63) is 23.2 Å². The van der Waals surface area contributed by atoms with Crippen LogP contribution in [-0.2, 0) is 0 Å². The molecule has 0 fully saturated rings. The van der Waals surface area contributed by atoms with Gasteiger partial charge in [-0.3, -0.25) is 0 Å². The molecule has 4 heteroatoms. The van der Waals surface area contributed by atoms with Gasteiger partial charge in [0.15, 0.2) is 0 Å². The van der Waals surface area contributed by atoms with Crippen LogP contribution in [-0.4, -0.2) is 6.34 Å². The van der Waals surface area contributed by atoms with Gasteiger partial charge in [-0.15, -0.1) is 0 Å². The molecule has 2 rings (SSSR count). The SMILES string of the molecule is Clc1ccc2c(c1)S[N]C=N2. The third kappa shape index (κ3) is 1.34. The van der Waals surface area contributed by atoms with Crippen molar-refractivity contribution in [3.8, 4) is 0 Å². The van der Waals surface area contributed by atoms with E-state index < -0.39 is 0 Å². The van der Waals surface area contributed by atoms with Gasteiger partial charge in [0.2, 0.25) is 0 Å². The summed E-state index contributed by atoms with van der Waals surface area (Å²) < 4.78 is 3.93. The fraction of sp³-hybridized carbons (Fsp3) is 0. The maximum Gasteiger partial charge on any atom is 0.124 e. The number of hydrogen-bond donors (Lipinski definition) is 0. The Hall–Kier alpha value is -0.670. The number of nitrogens with zero attached hydrogens (tertiary/aromatic N) is 2. The number of rotatable bonds is 0. The molecular formula is C7H4ClN2S. The monoisotopic (exact) mass is 183 g/mol. The second kappa shape index (κ2) is 2.75. The maximum atomic E-state index is 5.77. The summed E-state index contributed by atoms with van der Waals surface area (Å²) in [4.78, 5) is 5.08.